The van der Waals surface area contributed by atoms with Crippen LogP contribution in [0.25, 0.3) is 0 Å². The summed E-state index contributed by atoms with van der Waals surface area (Å²) in [5.74, 6) is 2.24. The number of nitrogens with one attached hydrogen (secondary N) is 2. The van der Waals surface area contributed by atoms with Crippen LogP contribution < -0.4 is 10.6 Å². The number of carbonyl (C=O) groups excluding carboxylic acids is 2. The third-order valence-electron chi connectivity index (χ3n) is 4.22. The van der Waals surface area contributed by atoms with Crippen molar-refractivity contribution in [3.63, 3.8) is 0 Å². The van der Waals surface area contributed by atoms with Gasteiger partial charge in [-0.05, 0) is 38.5 Å². The fraction of sp³-hybridized carbons (Fsp3) is 0.677. The maximum Gasteiger partial charge on any atom is 0.407 e. The molecule has 1 aromatic carbocycles. The molecule has 0 aliphatic heterocycles. The predicted octanol–water partition coefficient (Wildman–Crippen LogP) is 5.20. The van der Waals surface area contributed by atoms with E-state index in [1.165, 1.54) is 6.42 Å². The van der Waals surface area contributed by atoms with E-state index in [1.807, 2.05) is 46.8 Å². The smallest absolute Gasteiger partial charge is 0.407 e. The summed E-state index contributed by atoms with van der Waals surface area (Å²) in [7, 11) is 0. The average Bonchev–Trinajstić information content (AvgIpc) is 2.93. The fourth-order valence-electron chi connectivity index (χ4n) is 2.59. The molecule has 0 unspecified atom stereocenters. The molecule has 2 amide bonds. The van der Waals surface area contributed by atoms with Gasteiger partial charge in [-0.25, -0.2) is 4.79 Å². The molecule has 0 saturated carbocycles. The van der Waals surface area contributed by atoms with Crippen molar-refractivity contribution in [3.05, 3.63) is 29.8 Å². The minimum Gasteiger partial charge on any atom is -0.444 e. The van der Waals surface area contributed by atoms with Crippen molar-refractivity contribution in [2.75, 3.05) is 71.4 Å². The van der Waals surface area contributed by atoms with Gasteiger partial charge in [0.15, 0.2) is 0 Å². The Morgan fingerprint density at radius 3 is 1.66 bits per heavy atom. The monoisotopic (exact) mass is 582 g/mol. The second-order valence-corrected chi connectivity index (χ2v) is 9.26. The van der Waals surface area contributed by atoms with Gasteiger partial charge >= 0.3 is 6.09 Å². The first-order valence-electron chi connectivity index (χ1n) is 14.4. The maximum absolute atomic E-state index is 12.1. The molecule has 10 heteroatoms. The van der Waals surface area contributed by atoms with Crippen LogP contribution in [0.15, 0.2) is 24.3 Å². The van der Waals surface area contributed by atoms with Crippen molar-refractivity contribution in [2.45, 2.75) is 73.5 Å². The maximum atomic E-state index is 12.1. The van der Waals surface area contributed by atoms with Gasteiger partial charge in [0.1, 0.15) is 12.2 Å². The highest BCUT2D eigenvalue weighted by Gasteiger charge is 2.15. The van der Waals surface area contributed by atoms with E-state index in [0.717, 1.165) is 5.56 Å². The Morgan fingerprint density at radius 1 is 0.780 bits per heavy atom. The number of hydrogen-bond donors (Lipinski definition) is 2. The predicted molar refractivity (Wildman–Crippen MR) is 163 cm³/mol. The summed E-state index contributed by atoms with van der Waals surface area (Å²) in [6, 6.07) is 7.22. The number of terminal acetylenes is 1. The van der Waals surface area contributed by atoms with E-state index in [9.17, 15) is 9.59 Å². The number of hydrogen-bond acceptors (Lipinski definition) is 8. The summed E-state index contributed by atoms with van der Waals surface area (Å²) in [4.78, 5) is 23.8. The normalized spacial score (nSPS) is 10.3. The highest BCUT2D eigenvalue weighted by Crippen LogP contribution is 2.11. The van der Waals surface area contributed by atoms with Gasteiger partial charge in [-0.3, -0.25) is 4.79 Å². The highest BCUT2D eigenvalue weighted by molar-refractivity contribution is 5.90. The number of benzene rings is 1. The fourth-order valence-corrected chi connectivity index (χ4v) is 2.59. The number of rotatable bonds is 19. The first-order valence-corrected chi connectivity index (χ1v) is 14.4. The molecule has 0 radical (unpaired) electrons. The lowest BCUT2D eigenvalue weighted by atomic mass is 10.2. The SMILES string of the molecule is C#CCOCCOCCOCCOCCOCCC(=O)Nc1ccc(CNC(=O)OC(C)(C)C)cc1.CC.CCC. The Kier molecular flexibility index (Phi) is 28.5. The molecule has 0 aromatic heterocycles. The van der Waals surface area contributed by atoms with E-state index < -0.39 is 11.7 Å². The Hall–Kier alpha value is -2.68. The quantitative estimate of drug-likeness (QED) is 0.169. The van der Waals surface area contributed by atoms with E-state index in [0.29, 0.717) is 78.3 Å². The summed E-state index contributed by atoms with van der Waals surface area (Å²) in [6.07, 6.45) is 6.08. The summed E-state index contributed by atoms with van der Waals surface area (Å²) < 4.78 is 31.8. The van der Waals surface area contributed by atoms with Gasteiger partial charge in [-0.2, -0.15) is 0 Å². The van der Waals surface area contributed by atoms with Gasteiger partial charge < -0.3 is 39.1 Å². The molecule has 1 rings (SSSR count). The molecule has 236 valence electrons. The van der Waals surface area contributed by atoms with Crippen LogP contribution >= 0.6 is 0 Å². The van der Waals surface area contributed by atoms with E-state index in [-0.39, 0.29) is 12.3 Å². The van der Waals surface area contributed by atoms with Crippen molar-refractivity contribution in [2.24, 2.45) is 0 Å². The highest BCUT2D eigenvalue weighted by atomic mass is 16.6. The Labute approximate surface area is 248 Å². The van der Waals surface area contributed by atoms with Crippen LogP contribution in [0.2, 0.25) is 0 Å². The number of ether oxygens (including phenoxy) is 6. The molecule has 0 saturated heterocycles. The Bertz CT molecular complexity index is 789. The largest absolute Gasteiger partial charge is 0.444 e. The first kappa shape index (κ1) is 40.5. The van der Waals surface area contributed by atoms with Crippen molar-refractivity contribution < 1.29 is 38.0 Å². The molecule has 1 aromatic rings. The van der Waals surface area contributed by atoms with Crippen LogP contribution in [-0.2, 0) is 39.8 Å². The minimum atomic E-state index is -0.542. The topological polar surface area (TPSA) is 114 Å². The van der Waals surface area contributed by atoms with Gasteiger partial charge in [0.2, 0.25) is 5.91 Å². The average molecular weight is 583 g/mol. The molecule has 0 aliphatic rings. The molecule has 0 atom stereocenters. The zero-order chi connectivity index (χ0) is 31.2. The second-order valence-electron chi connectivity index (χ2n) is 9.26. The number of alkyl carbamates (subject to hydrolysis) is 1. The van der Waals surface area contributed by atoms with Gasteiger partial charge in [-0.15, -0.1) is 6.42 Å². The van der Waals surface area contributed by atoms with Gasteiger partial charge in [0.05, 0.1) is 65.9 Å². The zero-order valence-corrected chi connectivity index (χ0v) is 26.3. The van der Waals surface area contributed by atoms with Crippen LogP contribution in [0.5, 0.6) is 0 Å². The molecule has 0 fully saturated rings. The molecule has 0 bridgehead atoms. The van der Waals surface area contributed by atoms with E-state index in [1.54, 1.807) is 12.1 Å². The zero-order valence-electron chi connectivity index (χ0n) is 26.3. The lowest BCUT2D eigenvalue weighted by molar-refractivity contribution is -0.117. The van der Waals surface area contributed by atoms with E-state index in [2.05, 4.69) is 30.4 Å². The van der Waals surface area contributed by atoms with E-state index in [4.69, 9.17) is 34.8 Å². The standard InChI is InChI=1S/C26H40N2O8.C3H8.C2H6/c1-5-11-31-13-15-33-17-19-35-20-18-34-16-14-32-12-10-24(29)28-23-8-6-22(7-9-23)21-27-25(30)36-26(2,3)4;1-3-2;1-2/h1,6-9H,10-21H2,2-4H3,(H,27,30)(H,28,29);3H2,1-2H3;1-2H3. The van der Waals surface area contributed by atoms with Gasteiger partial charge in [0, 0.05) is 12.2 Å². The summed E-state index contributed by atoms with van der Waals surface area (Å²) in [5, 5.41) is 5.51. The summed E-state index contributed by atoms with van der Waals surface area (Å²) in [5.41, 5.74) is 1.02. The molecule has 41 heavy (non-hydrogen) atoms. The molecular weight excluding hydrogens is 528 g/mol. The minimum absolute atomic E-state index is 0.145. The molecule has 2 N–H and O–H groups in total. The van der Waals surface area contributed by atoms with Crippen molar-refractivity contribution >= 4 is 17.7 Å². The Balaban J connectivity index is 0. The summed E-state index contributed by atoms with van der Waals surface area (Å²) in [6.45, 7) is 18.3. The molecule has 0 heterocycles. The molecule has 0 spiro atoms. The summed E-state index contributed by atoms with van der Waals surface area (Å²) >= 11 is 0. The van der Waals surface area contributed by atoms with Crippen LogP contribution in [0.4, 0.5) is 10.5 Å². The lowest BCUT2D eigenvalue weighted by Gasteiger charge is -2.19. The lowest BCUT2D eigenvalue weighted by Crippen LogP contribution is -2.32. The van der Waals surface area contributed by atoms with Crippen LogP contribution in [0, 0.1) is 12.3 Å². The van der Waals surface area contributed by atoms with E-state index >= 15 is 0 Å². The van der Waals surface area contributed by atoms with Crippen LogP contribution in [0.1, 0.15) is 66.9 Å². The third-order valence-corrected chi connectivity index (χ3v) is 4.22. The number of carbonyl (C=O) groups is 2. The molecule has 10 nitrogen and oxygen atoms in total. The number of amides is 2. The number of anilines is 1. The molecule has 0 aliphatic carbocycles. The first-order chi connectivity index (χ1) is 19.7. The third kappa shape index (κ3) is 30.1. The molecular formula is C31H54N2O8. The van der Waals surface area contributed by atoms with Crippen LogP contribution in [0.3, 0.4) is 0 Å². The van der Waals surface area contributed by atoms with Crippen molar-refractivity contribution in [1.29, 1.82) is 0 Å². The second kappa shape index (κ2) is 28.8. The van der Waals surface area contributed by atoms with Crippen LogP contribution in [-0.4, -0.2) is 83.7 Å². The van der Waals surface area contributed by atoms with Gasteiger partial charge in [0.25, 0.3) is 0 Å². The van der Waals surface area contributed by atoms with Crippen molar-refractivity contribution in [1.82, 2.24) is 5.32 Å². The Morgan fingerprint density at radius 2 is 1.22 bits per heavy atom. The van der Waals surface area contributed by atoms with Gasteiger partial charge in [-0.1, -0.05) is 52.2 Å². The van der Waals surface area contributed by atoms with Crippen molar-refractivity contribution in [3.8, 4) is 12.3 Å².